The minimum atomic E-state index is 0.191. The second-order valence-corrected chi connectivity index (χ2v) is 2.60. The molecular weight excluding hydrogens is 159 g/mol. The molecule has 0 aliphatic rings. The zero-order valence-corrected chi connectivity index (χ0v) is 7.75. The third-order valence-electron chi connectivity index (χ3n) is 1.56. The summed E-state index contributed by atoms with van der Waals surface area (Å²) in [6.45, 7) is 4.88. The molecule has 2 nitrogen and oxygen atoms in total. The third kappa shape index (κ3) is 6.16. The standard InChI is InChI=1S/C9H17FO2/c1-3-7-11-9(4-2)6-5-8-12-10/h5,8-9H,3-4,6-7H2,1-2H3. The fraction of sp³-hybridized carbons (Fsp3) is 0.778. The predicted octanol–water partition coefficient (Wildman–Crippen LogP) is 3.00. The third-order valence-corrected chi connectivity index (χ3v) is 1.56. The molecule has 1 atom stereocenters. The van der Waals surface area contributed by atoms with Crippen LogP contribution in [-0.4, -0.2) is 12.7 Å². The number of hydrogen-bond donors (Lipinski definition) is 0. The molecule has 0 rings (SSSR count). The van der Waals surface area contributed by atoms with Crippen LogP contribution >= 0.6 is 0 Å². The summed E-state index contributed by atoms with van der Waals surface area (Å²) in [5.74, 6) is 0. The first-order valence-electron chi connectivity index (χ1n) is 4.39. The highest BCUT2D eigenvalue weighted by atomic mass is 19.3. The summed E-state index contributed by atoms with van der Waals surface area (Å²) in [7, 11) is 0. The Labute approximate surface area is 73.3 Å². The number of rotatable bonds is 7. The van der Waals surface area contributed by atoms with E-state index < -0.39 is 0 Å². The van der Waals surface area contributed by atoms with Crippen LogP contribution in [0.3, 0.4) is 0 Å². The smallest absolute Gasteiger partial charge is 0.132 e. The highest BCUT2D eigenvalue weighted by Gasteiger charge is 2.02. The lowest BCUT2D eigenvalue weighted by molar-refractivity contribution is -0.0625. The van der Waals surface area contributed by atoms with Gasteiger partial charge in [0, 0.05) is 11.1 Å². The average molecular weight is 176 g/mol. The molecule has 0 aliphatic heterocycles. The molecule has 0 saturated heterocycles. The fourth-order valence-electron chi connectivity index (χ4n) is 0.881. The molecule has 0 radical (unpaired) electrons. The van der Waals surface area contributed by atoms with Gasteiger partial charge in [0.1, 0.15) is 6.26 Å². The Kier molecular flexibility index (Phi) is 8.12. The van der Waals surface area contributed by atoms with Gasteiger partial charge in [0.05, 0.1) is 6.10 Å². The molecule has 12 heavy (non-hydrogen) atoms. The van der Waals surface area contributed by atoms with Crippen molar-refractivity contribution in [2.45, 2.75) is 39.2 Å². The van der Waals surface area contributed by atoms with Gasteiger partial charge in [-0.25, -0.2) is 0 Å². The predicted molar refractivity (Wildman–Crippen MR) is 46.3 cm³/mol. The molecule has 0 fully saturated rings. The molecule has 0 aliphatic carbocycles. The minimum absolute atomic E-state index is 0.191. The van der Waals surface area contributed by atoms with E-state index >= 15 is 0 Å². The number of hydrogen-bond acceptors (Lipinski definition) is 2. The molecule has 0 aromatic carbocycles. The van der Waals surface area contributed by atoms with Crippen molar-refractivity contribution in [2.24, 2.45) is 0 Å². The van der Waals surface area contributed by atoms with Crippen molar-refractivity contribution in [3.05, 3.63) is 12.3 Å². The van der Waals surface area contributed by atoms with Crippen molar-refractivity contribution in [3.63, 3.8) is 0 Å². The van der Waals surface area contributed by atoms with Gasteiger partial charge in [-0.1, -0.05) is 13.8 Å². The van der Waals surface area contributed by atoms with E-state index in [9.17, 15) is 4.53 Å². The van der Waals surface area contributed by atoms with Gasteiger partial charge in [-0.2, -0.15) is 0 Å². The lowest BCUT2D eigenvalue weighted by atomic mass is 10.2. The largest absolute Gasteiger partial charge is 0.378 e. The Hall–Kier alpha value is -0.570. The Balaban J connectivity index is 3.45. The minimum Gasteiger partial charge on any atom is -0.378 e. The zero-order valence-electron chi connectivity index (χ0n) is 7.75. The van der Waals surface area contributed by atoms with Gasteiger partial charge < -0.3 is 9.68 Å². The van der Waals surface area contributed by atoms with Crippen LogP contribution in [0.4, 0.5) is 4.53 Å². The van der Waals surface area contributed by atoms with Gasteiger partial charge in [0.2, 0.25) is 0 Å². The SMILES string of the molecule is CCCOC(CC)CC=COF. The van der Waals surface area contributed by atoms with E-state index in [0.29, 0.717) is 6.42 Å². The molecule has 1 unspecified atom stereocenters. The molecular formula is C9H17FO2. The number of ether oxygens (including phenoxy) is 1. The lowest BCUT2D eigenvalue weighted by Crippen LogP contribution is -2.10. The molecule has 0 bridgehead atoms. The van der Waals surface area contributed by atoms with Crippen LogP contribution in [0.2, 0.25) is 0 Å². The molecule has 0 heterocycles. The zero-order chi connectivity index (χ0) is 9.23. The molecule has 0 aromatic heterocycles. The Morgan fingerprint density at radius 2 is 2.17 bits per heavy atom. The molecule has 0 aromatic rings. The molecule has 0 spiro atoms. The van der Waals surface area contributed by atoms with Crippen molar-refractivity contribution in [1.29, 1.82) is 0 Å². The van der Waals surface area contributed by atoms with Crippen LogP contribution in [0.15, 0.2) is 12.3 Å². The molecule has 0 N–H and O–H groups in total. The quantitative estimate of drug-likeness (QED) is 0.555. The first-order chi connectivity index (χ1) is 5.85. The fourth-order valence-corrected chi connectivity index (χ4v) is 0.881. The average Bonchev–Trinajstić information content (AvgIpc) is 2.11. The monoisotopic (exact) mass is 176 g/mol. The van der Waals surface area contributed by atoms with E-state index in [0.717, 1.165) is 25.7 Å². The summed E-state index contributed by atoms with van der Waals surface area (Å²) in [6, 6.07) is 0. The summed E-state index contributed by atoms with van der Waals surface area (Å²) >= 11 is 0. The highest BCUT2D eigenvalue weighted by Crippen LogP contribution is 2.05. The Bertz CT molecular complexity index is 115. The van der Waals surface area contributed by atoms with E-state index in [1.807, 2.05) is 6.92 Å². The van der Waals surface area contributed by atoms with Crippen LogP contribution in [0.5, 0.6) is 0 Å². The van der Waals surface area contributed by atoms with Crippen molar-refractivity contribution in [3.8, 4) is 0 Å². The summed E-state index contributed by atoms with van der Waals surface area (Å²) in [4.78, 5) is 3.31. The van der Waals surface area contributed by atoms with Crippen molar-refractivity contribution >= 4 is 0 Å². The van der Waals surface area contributed by atoms with Crippen molar-refractivity contribution in [1.82, 2.24) is 0 Å². The molecule has 72 valence electrons. The van der Waals surface area contributed by atoms with Gasteiger partial charge in [-0.05, 0) is 25.3 Å². The van der Waals surface area contributed by atoms with Crippen molar-refractivity contribution in [2.75, 3.05) is 6.61 Å². The van der Waals surface area contributed by atoms with Gasteiger partial charge in [0.25, 0.3) is 0 Å². The lowest BCUT2D eigenvalue weighted by Gasteiger charge is -2.12. The van der Waals surface area contributed by atoms with Crippen LogP contribution in [0.25, 0.3) is 0 Å². The normalized spacial score (nSPS) is 13.6. The van der Waals surface area contributed by atoms with Crippen LogP contribution in [0.1, 0.15) is 33.1 Å². The maximum atomic E-state index is 11.2. The van der Waals surface area contributed by atoms with E-state index in [1.54, 1.807) is 6.08 Å². The topological polar surface area (TPSA) is 18.5 Å². The van der Waals surface area contributed by atoms with E-state index in [4.69, 9.17) is 4.74 Å². The van der Waals surface area contributed by atoms with Crippen LogP contribution in [0, 0.1) is 0 Å². The van der Waals surface area contributed by atoms with Crippen molar-refractivity contribution < 1.29 is 14.2 Å². The molecule has 3 heteroatoms. The van der Waals surface area contributed by atoms with Crippen LogP contribution < -0.4 is 0 Å². The maximum absolute atomic E-state index is 11.2. The molecule has 0 amide bonds. The Morgan fingerprint density at radius 3 is 2.67 bits per heavy atom. The summed E-state index contributed by atoms with van der Waals surface area (Å²) in [5, 5.41) is 0. The first kappa shape index (κ1) is 11.4. The summed E-state index contributed by atoms with van der Waals surface area (Å²) in [6.07, 6.45) is 5.52. The van der Waals surface area contributed by atoms with E-state index in [1.165, 1.54) is 0 Å². The summed E-state index contributed by atoms with van der Waals surface area (Å²) in [5.41, 5.74) is 0. The maximum Gasteiger partial charge on any atom is 0.132 e. The second-order valence-electron chi connectivity index (χ2n) is 2.60. The van der Waals surface area contributed by atoms with Gasteiger partial charge >= 0.3 is 0 Å². The van der Waals surface area contributed by atoms with Gasteiger partial charge in [-0.15, -0.1) is 0 Å². The highest BCUT2D eigenvalue weighted by molar-refractivity contribution is 4.76. The van der Waals surface area contributed by atoms with Gasteiger partial charge in [0.15, 0.2) is 0 Å². The van der Waals surface area contributed by atoms with E-state index in [-0.39, 0.29) is 6.10 Å². The molecule has 0 saturated carbocycles. The second kappa shape index (κ2) is 8.53. The Morgan fingerprint density at radius 1 is 1.42 bits per heavy atom. The van der Waals surface area contributed by atoms with Crippen LogP contribution in [-0.2, 0) is 9.68 Å². The van der Waals surface area contributed by atoms with E-state index in [2.05, 4.69) is 11.9 Å². The first-order valence-corrected chi connectivity index (χ1v) is 4.39. The number of halogens is 1. The van der Waals surface area contributed by atoms with Gasteiger partial charge in [-0.3, -0.25) is 0 Å². The summed E-state index contributed by atoms with van der Waals surface area (Å²) < 4.78 is 16.6.